The zero-order valence-electron chi connectivity index (χ0n) is 10.7. The normalized spacial score (nSPS) is 27.6. The van der Waals surface area contributed by atoms with Crippen molar-refractivity contribution in [2.75, 3.05) is 12.3 Å². The lowest BCUT2D eigenvalue weighted by Gasteiger charge is -2.15. The number of nitrogens with two attached hydrogens (primary N) is 1. The Labute approximate surface area is 120 Å². The molecule has 112 valence electrons. The van der Waals surface area contributed by atoms with Gasteiger partial charge in [-0.15, -0.1) is 0 Å². The molecule has 0 radical (unpaired) electrons. The van der Waals surface area contributed by atoms with E-state index in [1.54, 1.807) is 6.92 Å². The molecule has 2 heterocycles. The third-order valence-corrected chi connectivity index (χ3v) is 3.92. The van der Waals surface area contributed by atoms with Gasteiger partial charge in [0.1, 0.15) is 18.1 Å². The van der Waals surface area contributed by atoms with E-state index < -0.39 is 31.4 Å². The maximum absolute atomic E-state index is 11.8. The minimum absolute atomic E-state index is 0.163. The number of hydrogen-bond acceptors (Lipinski definition) is 7. The molecule has 10 heteroatoms. The van der Waals surface area contributed by atoms with E-state index in [0.717, 1.165) is 0 Å². The molecule has 1 aromatic heterocycles. The molecule has 0 spiro atoms. The molecule has 1 aromatic rings. The van der Waals surface area contributed by atoms with Crippen molar-refractivity contribution in [2.24, 2.45) is 0 Å². The zero-order valence-corrected chi connectivity index (χ0v) is 12.6. The summed E-state index contributed by atoms with van der Waals surface area (Å²) in [5, 5.41) is 9.24. The van der Waals surface area contributed by atoms with Gasteiger partial charge >= 0.3 is 5.69 Å². The molecule has 3 N–H and O–H groups in total. The molecule has 3 unspecified atom stereocenters. The number of nitrogens with zero attached hydrogens (tertiary/aromatic N) is 2. The second-order valence-electron chi connectivity index (χ2n) is 4.47. The standard InChI is InChI=1S/C10H16N3O5PS/c1-5-3-13(10(15)12-9(5)11)8-2-6(18-19(16)20)7(4-14)17-8/h3,6-8,14,19H,2,4H2,1H3,(H,16,20)(H2,11,12,15)/t6?,7?,8-/m1/s1. The number of rotatable bonds is 4. The number of ether oxygens (including phenoxy) is 1. The average Bonchev–Trinajstić information content (AvgIpc) is 2.75. The Morgan fingerprint density at radius 3 is 3.05 bits per heavy atom. The molecule has 20 heavy (non-hydrogen) atoms. The third-order valence-electron chi connectivity index (χ3n) is 3.10. The molecule has 0 aliphatic carbocycles. The average molecular weight is 321 g/mol. The monoisotopic (exact) mass is 321 g/mol. The lowest BCUT2D eigenvalue weighted by molar-refractivity contribution is -0.0409. The van der Waals surface area contributed by atoms with Gasteiger partial charge in [-0.1, -0.05) is 12.2 Å². The number of aliphatic hydroxyl groups is 1. The van der Waals surface area contributed by atoms with Crippen molar-refractivity contribution in [3.05, 3.63) is 22.2 Å². The van der Waals surface area contributed by atoms with Gasteiger partial charge in [-0.25, -0.2) is 4.79 Å². The lowest BCUT2D eigenvalue weighted by Crippen LogP contribution is -2.28. The molecule has 0 aromatic carbocycles. The summed E-state index contributed by atoms with van der Waals surface area (Å²) in [6.45, 7) is 1.41. The van der Waals surface area contributed by atoms with Crippen LogP contribution in [0.2, 0.25) is 0 Å². The molecule has 1 saturated heterocycles. The molecule has 1 aliphatic heterocycles. The van der Waals surface area contributed by atoms with Gasteiger partial charge in [0.15, 0.2) is 0 Å². The molecule has 8 nitrogen and oxygen atoms in total. The Balaban J connectivity index is 2.25. The van der Waals surface area contributed by atoms with Crippen LogP contribution >= 0.6 is 19.5 Å². The molecule has 0 saturated carbocycles. The fourth-order valence-corrected chi connectivity index (χ4v) is 2.99. The van der Waals surface area contributed by atoms with Crippen molar-refractivity contribution in [3.8, 4) is 0 Å². The summed E-state index contributed by atoms with van der Waals surface area (Å²) in [5.74, 6) is 0.163. The van der Waals surface area contributed by atoms with Gasteiger partial charge in [0.2, 0.25) is 7.23 Å². The minimum Gasteiger partial charge on any atom is -0.394 e. The molecule has 4 atom stereocenters. The number of nitrogen functional groups attached to an aromatic ring is 1. The van der Waals surface area contributed by atoms with Crippen molar-refractivity contribution in [2.45, 2.75) is 31.8 Å². The van der Waals surface area contributed by atoms with Crippen molar-refractivity contribution in [1.82, 2.24) is 9.55 Å². The molecule has 0 bridgehead atoms. The number of aliphatic hydroxyl groups excluding tert-OH is 1. The van der Waals surface area contributed by atoms with Crippen LogP contribution in [0.5, 0.6) is 0 Å². The summed E-state index contributed by atoms with van der Waals surface area (Å²) in [4.78, 5) is 15.5. The van der Waals surface area contributed by atoms with Crippen LogP contribution in [-0.2, 0) is 13.8 Å². The maximum atomic E-state index is 11.8. The number of aromatic nitrogens is 2. The largest absolute Gasteiger partial charge is 0.394 e. The Morgan fingerprint density at radius 1 is 1.75 bits per heavy atom. The van der Waals surface area contributed by atoms with Gasteiger partial charge in [-0.05, 0) is 6.92 Å². The quantitative estimate of drug-likeness (QED) is 0.532. The van der Waals surface area contributed by atoms with E-state index >= 15 is 0 Å². The number of aryl methyl sites for hydroxylation is 1. The Bertz CT molecular complexity index is 581. The van der Waals surface area contributed by atoms with Crippen LogP contribution in [0.25, 0.3) is 0 Å². The van der Waals surface area contributed by atoms with Crippen LogP contribution in [0.15, 0.2) is 11.0 Å². The van der Waals surface area contributed by atoms with E-state index in [0.29, 0.717) is 5.56 Å². The van der Waals surface area contributed by atoms with Gasteiger partial charge in [-0.3, -0.25) is 9.13 Å². The summed E-state index contributed by atoms with van der Waals surface area (Å²) >= 11 is 3.71. The van der Waals surface area contributed by atoms with Gasteiger partial charge < -0.3 is 20.1 Å². The Morgan fingerprint density at radius 2 is 2.45 bits per heavy atom. The van der Waals surface area contributed by atoms with E-state index in [1.807, 2.05) is 0 Å². The van der Waals surface area contributed by atoms with Crippen molar-refractivity contribution in [1.29, 1.82) is 0 Å². The Hall–Kier alpha value is -0.860. The topological polar surface area (TPSA) is 117 Å². The molecule has 1 fully saturated rings. The first-order valence-electron chi connectivity index (χ1n) is 5.93. The first-order valence-corrected chi connectivity index (χ1v) is 8.54. The van der Waals surface area contributed by atoms with Crippen LogP contribution in [0.3, 0.4) is 0 Å². The van der Waals surface area contributed by atoms with Crippen LogP contribution in [0.4, 0.5) is 5.82 Å². The summed E-state index contributed by atoms with van der Waals surface area (Å²) in [7, 11) is -2.46. The SMILES string of the molecule is Cc1cn([C@H]2CC(O[PH](=O)S)C(CO)O2)c(=O)nc1N. The zero-order chi connectivity index (χ0) is 14.9. The highest BCUT2D eigenvalue weighted by molar-refractivity contribution is 8.39. The van der Waals surface area contributed by atoms with Crippen LogP contribution in [0.1, 0.15) is 18.2 Å². The van der Waals surface area contributed by atoms with E-state index in [9.17, 15) is 14.5 Å². The third kappa shape index (κ3) is 3.24. The van der Waals surface area contributed by atoms with E-state index in [-0.39, 0.29) is 18.8 Å². The number of thiol groups is 1. The van der Waals surface area contributed by atoms with Crippen molar-refractivity contribution < 1.29 is 18.9 Å². The fraction of sp³-hybridized carbons (Fsp3) is 0.600. The van der Waals surface area contributed by atoms with E-state index in [4.69, 9.17) is 15.0 Å². The van der Waals surface area contributed by atoms with E-state index in [1.165, 1.54) is 10.8 Å². The molecular formula is C10H16N3O5PS. The summed E-state index contributed by atoms with van der Waals surface area (Å²) < 4.78 is 23.0. The van der Waals surface area contributed by atoms with Crippen LogP contribution < -0.4 is 11.4 Å². The second-order valence-corrected chi connectivity index (χ2v) is 6.33. The summed E-state index contributed by atoms with van der Waals surface area (Å²) in [5.41, 5.74) is 5.65. The molecule has 2 rings (SSSR count). The second kappa shape index (κ2) is 6.28. The molecule has 1 aliphatic rings. The maximum Gasteiger partial charge on any atom is 0.351 e. The van der Waals surface area contributed by atoms with Crippen molar-refractivity contribution >= 4 is 25.3 Å². The van der Waals surface area contributed by atoms with Crippen LogP contribution in [0, 0.1) is 6.92 Å². The first kappa shape index (κ1) is 15.5. The smallest absolute Gasteiger partial charge is 0.351 e. The summed E-state index contributed by atoms with van der Waals surface area (Å²) in [6, 6.07) is 0. The summed E-state index contributed by atoms with van der Waals surface area (Å²) in [6.07, 6.45) is -0.0844. The predicted octanol–water partition coefficient (Wildman–Crippen LogP) is 0.118. The highest BCUT2D eigenvalue weighted by Gasteiger charge is 2.38. The number of anilines is 1. The minimum atomic E-state index is -2.46. The lowest BCUT2D eigenvalue weighted by atomic mass is 10.2. The predicted molar refractivity (Wildman–Crippen MR) is 76.1 cm³/mol. The Kier molecular flexibility index (Phi) is 4.87. The van der Waals surface area contributed by atoms with Crippen LogP contribution in [-0.4, -0.2) is 33.5 Å². The van der Waals surface area contributed by atoms with E-state index in [2.05, 4.69) is 17.2 Å². The highest BCUT2D eigenvalue weighted by Crippen LogP contribution is 2.38. The first-order chi connectivity index (χ1) is 9.42. The van der Waals surface area contributed by atoms with Crippen molar-refractivity contribution in [3.63, 3.8) is 0 Å². The molecular weight excluding hydrogens is 305 g/mol. The van der Waals surface area contributed by atoms with Gasteiger partial charge in [0, 0.05) is 18.2 Å². The highest BCUT2D eigenvalue weighted by atomic mass is 32.7. The molecule has 0 amide bonds. The van der Waals surface area contributed by atoms with Gasteiger partial charge in [0.25, 0.3) is 0 Å². The van der Waals surface area contributed by atoms with Gasteiger partial charge in [0.05, 0.1) is 12.7 Å². The van der Waals surface area contributed by atoms with Gasteiger partial charge in [-0.2, -0.15) is 4.98 Å². The number of hydrogen-bond donors (Lipinski definition) is 3. The fourth-order valence-electron chi connectivity index (χ4n) is 2.07.